The Morgan fingerprint density at radius 1 is 1.43 bits per heavy atom. The smallest absolute Gasteiger partial charge is 0.167 e. The Bertz CT molecular complexity index is 655. The van der Waals surface area contributed by atoms with E-state index in [9.17, 15) is 4.39 Å². The van der Waals surface area contributed by atoms with Crippen LogP contribution in [-0.2, 0) is 6.42 Å². The Balaban J connectivity index is 2.20. The molecule has 5 heteroatoms. The second kappa shape index (κ2) is 5.84. The van der Waals surface area contributed by atoms with Crippen LogP contribution in [0.2, 0.25) is 0 Å². The zero-order valence-corrected chi connectivity index (χ0v) is 13.2. The van der Waals surface area contributed by atoms with Crippen molar-refractivity contribution in [2.45, 2.75) is 38.6 Å². The minimum atomic E-state index is -0.369. The van der Waals surface area contributed by atoms with Crippen molar-refractivity contribution in [3.05, 3.63) is 23.8 Å². The molecule has 1 saturated carbocycles. The first-order valence-electron chi connectivity index (χ1n) is 7.46. The maximum atomic E-state index is 13.9. The molecule has 0 spiro atoms. The van der Waals surface area contributed by atoms with Gasteiger partial charge in [-0.3, -0.25) is 0 Å². The van der Waals surface area contributed by atoms with Gasteiger partial charge in [-0.1, -0.05) is 13.3 Å². The zero-order valence-electron chi connectivity index (χ0n) is 12.4. The Morgan fingerprint density at radius 2 is 2.24 bits per heavy atom. The highest BCUT2D eigenvalue weighted by Crippen LogP contribution is 2.39. The number of aryl methyl sites for hydroxylation is 1. The van der Waals surface area contributed by atoms with Gasteiger partial charge in [0, 0.05) is 30.5 Å². The highest BCUT2D eigenvalue weighted by atomic mass is 35.5. The summed E-state index contributed by atoms with van der Waals surface area (Å²) in [6, 6.07) is 3.64. The van der Waals surface area contributed by atoms with Crippen LogP contribution >= 0.6 is 11.6 Å². The Hall–Kier alpha value is -1.29. The molecule has 1 heterocycles. The third kappa shape index (κ3) is 2.50. The van der Waals surface area contributed by atoms with Crippen LogP contribution in [0.1, 0.15) is 38.1 Å². The van der Waals surface area contributed by atoms with Crippen molar-refractivity contribution in [3.8, 4) is 5.75 Å². The number of benzene rings is 1. The molecule has 1 aromatic heterocycles. The van der Waals surface area contributed by atoms with Gasteiger partial charge < -0.3 is 9.30 Å². The number of alkyl halides is 1. The summed E-state index contributed by atoms with van der Waals surface area (Å²) in [7, 11) is 1.49. The number of nitrogens with zero attached hydrogens (tertiary/aromatic N) is 2. The van der Waals surface area contributed by atoms with Crippen LogP contribution in [-0.4, -0.2) is 22.5 Å². The number of imidazole rings is 1. The van der Waals surface area contributed by atoms with Gasteiger partial charge in [-0.15, -0.1) is 11.6 Å². The first-order chi connectivity index (χ1) is 10.2. The standard InChI is InChI=1S/C16H20ClFN2O/c1-10-4-3-5-13(10)20-14-9-15(21-2)11(18)8-12(14)19-16(20)6-7-17/h8-10,13H,3-7H2,1-2H3. The van der Waals surface area contributed by atoms with E-state index in [1.54, 1.807) is 6.07 Å². The van der Waals surface area contributed by atoms with Gasteiger partial charge in [0.1, 0.15) is 5.82 Å². The van der Waals surface area contributed by atoms with Gasteiger partial charge in [-0.2, -0.15) is 0 Å². The lowest BCUT2D eigenvalue weighted by Gasteiger charge is -2.21. The van der Waals surface area contributed by atoms with E-state index in [0.717, 1.165) is 17.8 Å². The van der Waals surface area contributed by atoms with Crippen LogP contribution in [0, 0.1) is 11.7 Å². The summed E-state index contributed by atoms with van der Waals surface area (Å²) in [6.07, 6.45) is 4.29. The predicted octanol–water partition coefficient (Wildman–Crippen LogP) is 4.33. The third-order valence-electron chi connectivity index (χ3n) is 4.50. The molecule has 2 unspecified atom stereocenters. The molecule has 0 N–H and O–H groups in total. The van der Waals surface area contributed by atoms with E-state index in [1.165, 1.54) is 26.0 Å². The monoisotopic (exact) mass is 310 g/mol. The van der Waals surface area contributed by atoms with Crippen molar-refractivity contribution in [1.29, 1.82) is 0 Å². The van der Waals surface area contributed by atoms with Gasteiger partial charge in [0.05, 0.1) is 18.1 Å². The first kappa shape index (κ1) is 14.6. The topological polar surface area (TPSA) is 27.1 Å². The second-order valence-electron chi connectivity index (χ2n) is 5.79. The Morgan fingerprint density at radius 3 is 2.86 bits per heavy atom. The normalized spacial score (nSPS) is 22.1. The van der Waals surface area contributed by atoms with Crippen LogP contribution in [0.25, 0.3) is 11.0 Å². The van der Waals surface area contributed by atoms with Gasteiger partial charge in [-0.05, 0) is 18.8 Å². The minimum absolute atomic E-state index is 0.270. The van der Waals surface area contributed by atoms with Gasteiger partial charge in [0.25, 0.3) is 0 Å². The second-order valence-corrected chi connectivity index (χ2v) is 6.17. The van der Waals surface area contributed by atoms with Crippen LogP contribution in [0.5, 0.6) is 5.75 Å². The molecule has 3 nitrogen and oxygen atoms in total. The molecule has 3 rings (SSSR count). The molecule has 21 heavy (non-hydrogen) atoms. The van der Waals surface area contributed by atoms with E-state index in [1.807, 2.05) is 0 Å². The van der Waals surface area contributed by atoms with Gasteiger partial charge in [0.2, 0.25) is 0 Å². The molecule has 114 valence electrons. The lowest BCUT2D eigenvalue weighted by Crippen LogP contribution is -2.15. The summed E-state index contributed by atoms with van der Waals surface area (Å²) >= 11 is 5.92. The molecule has 2 aromatic rings. The fraction of sp³-hybridized carbons (Fsp3) is 0.562. The lowest BCUT2D eigenvalue weighted by atomic mass is 10.1. The Kier molecular flexibility index (Phi) is 4.07. The number of halogens is 2. The highest BCUT2D eigenvalue weighted by Gasteiger charge is 2.28. The van der Waals surface area contributed by atoms with Gasteiger partial charge >= 0.3 is 0 Å². The van der Waals surface area contributed by atoms with Crippen molar-refractivity contribution in [2.75, 3.05) is 13.0 Å². The molecular formula is C16H20ClFN2O. The van der Waals surface area contributed by atoms with E-state index in [-0.39, 0.29) is 11.6 Å². The molecule has 1 aromatic carbocycles. The predicted molar refractivity (Wildman–Crippen MR) is 82.7 cm³/mol. The number of ether oxygens (including phenoxy) is 1. The van der Waals surface area contributed by atoms with E-state index in [4.69, 9.17) is 16.3 Å². The molecule has 0 aliphatic heterocycles. The highest BCUT2D eigenvalue weighted by molar-refractivity contribution is 6.17. The lowest BCUT2D eigenvalue weighted by molar-refractivity contribution is 0.385. The van der Waals surface area contributed by atoms with Crippen LogP contribution < -0.4 is 4.74 Å². The van der Waals surface area contributed by atoms with Crippen LogP contribution in [0.15, 0.2) is 12.1 Å². The zero-order chi connectivity index (χ0) is 15.0. The summed E-state index contributed by atoms with van der Waals surface area (Å²) < 4.78 is 21.3. The summed E-state index contributed by atoms with van der Waals surface area (Å²) in [6.45, 7) is 2.27. The number of aromatic nitrogens is 2. The molecule has 0 radical (unpaired) electrons. The molecule has 0 bridgehead atoms. The third-order valence-corrected chi connectivity index (χ3v) is 4.69. The SMILES string of the molecule is COc1cc2c(cc1F)nc(CCCl)n2C1CCCC1C. The largest absolute Gasteiger partial charge is 0.494 e. The molecule has 0 saturated heterocycles. The molecule has 0 amide bonds. The van der Waals surface area contributed by atoms with Crippen molar-refractivity contribution >= 4 is 22.6 Å². The number of rotatable bonds is 4. The quantitative estimate of drug-likeness (QED) is 0.786. The molecular weight excluding hydrogens is 291 g/mol. The van der Waals surface area contributed by atoms with Crippen LogP contribution in [0.4, 0.5) is 4.39 Å². The van der Waals surface area contributed by atoms with E-state index in [0.29, 0.717) is 29.8 Å². The summed E-state index contributed by atoms with van der Waals surface area (Å²) in [5.41, 5.74) is 1.64. The average molecular weight is 311 g/mol. The number of methoxy groups -OCH3 is 1. The molecule has 1 fully saturated rings. The summed E-state index contributed by atoms with van der Waals surface area (Å²) in [5.74, 6) is 1.97. The molecule has 2 atom stereocenters. The maximum Gasteiger partial charge on any atom is 0.167 e. The van der Waals surface area contributed by atoms with Crippen LogP contribution in [0.3, 0.4) is 0 Å². The summed E-state index contributed by atoms with van der Waals surface area (Å²) in [4.78, 5) is 4.60. The van der Waals surface area contributed by atoms with Crippen molar-refractivity contribution in [2.24, 2.45) is 5.92 Å². The van der Waals surface area contributed by atoms with E-state index < -0.39 is 0 Å². The van der Waals surface area contributed by atoms with E-state index in [2.05, 4.69) is 16.5 Å². The average Bonchev–Trinajstić information content (AvgIpc) is 3.01. The number of hydrogen-bond donors (Lipinski definition) is 0. The molecule has 1 aliphatic carbocycles. The van der Waals surface area contributed by atoms with E-state index >= 15 is 0 Å². The number of hydrogen-bond acceptors (Lipinski definition) is 2. The number of fused-ring (bicyclic) bond motifs is 1. The minimum Gasteiger partial charge on any atom is -0.494 e. The maximum absolute atomic E-state index is 13.9. The van der Waals surface area contributed by atoms with Crippen molar-refractivity contribution in [3.63, 3.8) is 0 Å². The van der Waals surface area contributed by atoms with Gasteiger partial charge in [-0.25, -0.2) is 9.37 Å². The molecule has 1 aliphatic rings. The fourth-order valence-corrected chi connectivity index (χ4v) is 3.61. The Labute approximate surface area is 129 Å². The van der Waals surface area contributed by atoms with Crippen molar-refractivity contribution in [1.82, 2.24) is 9.55 Å². The summed E-state index contributed by atoms with van der Waals surface area (Å²) in [5, 5.41) is 0. The first-order valence-corrected chi connectivity index (χ1v) is 7.99. The fourth-order valence-electron chi connectivity index (χ4n) is 3.44. The van der Waals surface area contributed by atoms with Gasteiger partial charge in [0.15, 0.2) is 11.6 Å². The van der Waals surface area contributed by atoms with Crippen molar-refractivity contribution < 1.29 is 9.13 Å².